The minimum atomic E-state index is -0.833. The second-order valence-electron chi connectivity index (χ2n) is 4.46. The third kappa shape index (κ3) is 3.78. The summed E-state index contributed by atoms with van der Waals surface area (Å²) in [5, 5.41) is 2.81. The minimum Gasteiger partial charge on any atom is -0.389 e. The molecular formula is C13H18N2O2S. The Labute approximate surface area is 113 Å². The van der Waals surface area contributed by atoms with Gasteiger partial charge in [-0.05, 0) is 25.5 Å². The number of ether oxygens (including phenoxy) is 1. The number of amides is 1. The molecule has 4 nitrogen and oxygen atoms in total. The summed E-state index contributed by atoms with van der Waals surface area (Å²) in [5.74, 6) is -0.161. The lowest BCUT2D eigenvalue weighted by molar-refractivity contribution is -0.139. The van der Waals surface area contributed by atoms with Crippen molar-refractivity contribution < 1.29 is 9.53 Å². The van der Waals surface area contributed by atoms with Crippen LogP contribution in [0.4, 0.5) is 0 Å². The Morgan fingerprint density at radius 3 is 2.72 bits per heavy atom. The zero-order valence-electron chi connectivity index (χ0n) is 10.8. The molecule has 0 radical (unpaired) electrons. The van der Waals surface area contributed by atoms with Crippen molar-refractivity contribution in [2.45, 2.75) is 26.0 Å². The first-order chi connectivity index (χ1) is 8.36. The predicted octanol–water partition coefficient (Wildman–Crippen LogP) is 1.36. The molecule has 0 bridgehead atoms. The van der Waals surface area contributed by atoms with Crippen molar-refractivity contribution in [3.05, 3.63) is 35.4 Å². The minimum absolute atomic E-state index is 0.161. The first-order valence-electron chi connectivity index (χ1n) is 5.59. The van der Waals surface area contributed by atoms with Crippen molar-refractivity contribution in [1.29, 1.82) is 0 Å². The van der Waals surface area contributed by atoms with Gasteiger partial charge in [0.25, 0.3) is 5.91 Å². The Kier molecular flexibility index (Phi) is 4.81. The number of thiocarbonyl (C=S) groups is 1. The summed E-state index contributed by atoms with van der Waals surface area (Å²) in [5.41, 5.74) is 6.46. The van der Waals surface area contributed by atoms with Gasteiger partial charge in [-0.3, -0.25) is 4.79 Å². The quantitative estimate of drug-likeness (QED) is 0.790. The molecule has 3 N–H and O–H groups in total. The van der Waals surface area contributed by atoms with Gasteiger partial charge < -0.3 is 15.8 Å². The van der Waals surface area contributed by atoms with Crippen molar-refractivity contribution >= 4 is 23.1 Å². The molecule has 0 heterocycles. The van der Waals surface area contributed by atoms with Crippen LogP contribution >= 0.6 is 12.2 Å². The SMILES string of the molecule is COC(C)(C)C(=O)NCc1cccc(C(N)=S)c1. The van der Waals surface area contributed by atoms with Crippen molar-refractivity contribution in [3.63, 3.8) is 0 Å². The van der Waals surface area contributed by atoms with Crippen molar-refractivity contribution in [2.24, 2.45) is 5.73 Å². The second kappa shape index (κ2) is 5.93. The third-order valence-electron chi connectivity index (χ3n) is 2.72. The van der Waals surface area contributed by atoms with Gasteiger partial charge in [0.15, 0.2) is 0 Å². The highest BCUT2D eigenvalue weighted by Crippen LogP contribution is 2.09. The number of nitrogens with one attached hydrogen (secondary N) is 1. The number of carbonyl (C=O) groups is 1. The standard InChI is InChI=1S/C13H18N2O2S/c1-13(2,17-3)12(16)15-8-9-5-4-6-10(7-9)11(14)18/h4-7H,8H2,1-3H3,(H2,14,18)(H,15,16). The van der Waals surface area contributed by atoms with Crippen LogP contribution in [0.5, 0.6) is 0 Å². The first-order valence-corrected chi connectivity index (χ1v) is 6.00. The first kappa shape index (κ1) is 14.6. The van der Waals surface area contributed by atoms with Crippen molar-refractivity contribution in [1.82, 2.24) is 5.32 Å². The maximum atomic E-state index is 11.8. The van der Waals surface area contributed by atoms with E-state index in [0.717, 1.165) is 11.1 Å². The van der Waals surface area contributed by atoms with Gasteiger partial charge in [-0.25, -0.2) is 0 Å². The fourth-order valence-electron chi connectivity index (χ4n) is 1.32. The van der Waals surface area contributed by atoms with E-state index in [1.54, 1.807) is 13.8 Å². The molecule has 0 aromatic heterocycles. The summed E-state index contributed by atoms with van der Waals surface area (Å²) in [6.07, 6.45) is 0. The maximum Gasteiger partial charge on any atom is 0.251 e. The number of benzene rings is 1. The molecule has 0 spiro atoms. The highest BCUT2D eigenvalue weighted by atomic mass is 32.1. The molecule has 0 aliphatic carbocycles. The Balaban J connectivity index is 2.67. The number of nitrogens with two attached hydrogens (primary N) is 1. The number of hydrogen-bond acceptors (Lipinski definition) is 3. The van der Waals surface area contributed by atoms with Crippen LogP contribution in [0, 0.1) is 0 Å². The summed E-state index contributed by atoms with van der Waals surface area (Å²) in [7, 11) is 1.51. The van der Waals surface area contributed by atoms with Gasteiger partial charge in [0.1, 0.15) is 10.6 Å². The lowest BCUT2D eigenvalue weighted by Gasteiger charge is -2.21. The van der Waals surface area contributed by atoms with Gasteiger partial charge in [-0.15, -0.1) is 0 Å². The Hall–Kier alpha value is -1.46. The smallest absolute Gasteiger partial charge is 0.251 e. The van der Waals surface area contributed by atoms with Crippen LogP contribution in [0.15, 0.2) is 24.3 Å². The predicted molar refractivity (Wildman–Crippen MR) is 75.3 cm³/mol. The fourth-order valence-corrected chi connectivity index (χ4v) is 1.45. The molecule has 0 aliphatic rings. The lowest BCUT2D eigenvalue weighted by atomic mass is 10.1. The lowest BCUT2D eigenvalue weighted by Crippen LogP contribution is -2.43. The highest BCUT2D eigenvalue weighted by molar-refractivity contribution is 7.80. The zero-order chi connectivity index (χ0) is 13.8. The number of rotatable bonds is 5. The van der Waals surface area contributed by atoms with Crippen LogP contribution in [0.2, 0.25) is 0 Å². The van der Waals surface area contributed by atoms with Gasteiger partial charge in [0, 0.05) is 19.2 Å². The number of methoxy groups -OCH3 is 1. The van der Waals surface area contributed by atoms with E-state index in [2.05, 4.69) is 5.32 Å². The third-order valence-corrected chi connectivity index (χ3v) is 2.96. The second-order valence-corrected chi connectivity index (χ2v) is 4.90. The molecule has 1 aromatic rings. The van der Waals surface area contributed by atoms with E-state index >= 15 is 0 Å². The summed E-state index contributed by atoms with van der Waals surface area (Å²) in [6.45, 7) is 3.85. The molecule has 1 rings (SSSR count). The molecule has 0 unspecified atom stereocenters. The summed E-state index contributed by atoms with van der Waals surface area (Å²) >= 11 is 4.91. The Bertz CT molecular complexity index is 458. The topological polar surface area (TPSA) is 64.3 Å². The van der Waals surface area contributed by atoms with Gasteiger partial charge in [0.2, 0.25) is 0 Å². The van der Waals surface area contributed by atoms with E-state index in [9.17, 15) is 4.79 Å². The average molecular weight is 266 g/mol. The van der Waals surface area contributed by atoms with Gasteiger partial charge in [-0.1, -0.05) is 30.4 Å². The molecule has 98 valence electrons. The normalized spacial score (nSPS) is 11.1. The number of carbonyl (C=O) groups excluding carboxylic acids is 1. The van der Waals surface area contributed by atoms with Crippen LogP contribution < -0.4 is 11.1 Å². The molecule has 0 saturated carbocycles. The molecule has 5 heteroatoms. The largest absolute Gasteiger partial charge is 0.389 e. The van der Waals surface area contributed by atoms with E-state index in [4.69, 9.17) is 22.7 Å². The maximum absolute atomic E-state index is 11.8. The van der Waals surface area contributed by atoms with Gasteiger partial charge in [-0.2, -0.15) is 0 Å². The van der Waals surface area contributed by atoms with E-state index < -0.39 is 5.60 Å². The van der Waals surface area contributed by atoms with E-state index in [1.807, 2.05) is 24.3 Å². The Morgan fingerprint density at radius 1 is 1.50 bits per heavy atom. The van der Waals surface area contributed by atoms with Crippen LogP contribution in [0.3, 0.4) is 0 Å². The molecule has 0 fully saturated rings. The molecular weight excluding hydrogens is 248 g/mol. The Morgan fingerprint density at radius 2 is 2.17 bits per heavy atom. The van der Waals surface area contributed by atoms with E-state index in [0.29, 0.717) is 11.5 Å². The monoisotopic (exact) mass is 266 g/mol. The fraction of sp³-hybridized carbons (Fsp3) is 0.385. The molecule has 1 aromatic carbocycles. The summed E-state index contributed by atoms with van der Waals surface area (Å²) < 4.78 is 5.10. The highest BCUT2D eigenvalue weighted by Gasteiger charge is 2.26. The van der Waals surface area contributed by atoms with Crippen molar-refractivity contribution in [3.8, 4) is 0 Å². The molecule has 0 aliphatic heterocycles. The summed E-state index contributed by atoms with van der Waals surface area (Å²) in [6, 6.07) is 7.47. The van der Waals surface area contributed by atoms with E-state index in [1.165, 1.54) is 7.11 Å². The van der Waals surface area contributed by atoms with Gasteiger partial charge >= 0.3 is 0 Å². The zero-order valence-corrected chi connectivity index (χ0v) is 11.6. The average Bonchev–Trinajstić information content (AvgIpc) is 2.36. The van der Waals surface area contributed by atoms with E-state index in [-0.39, 0.29) is 5.91 Å². The molecule has 0 saturated heterocycles. The van der Waals surface area contributed by atoms with Crippen LogP contribution in [-0.2, 0) is 16.1 Å². The van der Waals surface area contributed by atoms with Crippen LogP contribution in [-0.4, -0.2) is 23.6 Å². The van der Waals surface area contributed by atoms with Crippen molar-refractivity contribution in [2.75, 3.05) is 7.11 Å². The number of hydrogen-bond donors (Lipinski definition) is 2. The van der Waals surface area contributed by atoms with Gasteiger partial charge in [0.05, 0.1) is 0 Å². The molecule has 18 heavy (non-hydrogen) atoms. The molecule has 1 amide bonds. The van der Waals surface area contributed by atoms with Crippen LogP contribution in [0.25, 0.3) is 0 Å². The molecule has 0 atom stereocenters. The van der Waals surface area contributed by atoms with Crippen LogP contribution in [0.1, 0.15) is 25.0 Å². The summed E-state index contributed by atoms with van der Waals surface area (Å²) in [4.78, 5) is 12.1.